The van der Waals surface area contributed by atoms with Crippen LogP contribution in [0, 0.1) is 5.82 Å². The molecule has 5 nitrogen and oxygen atoms in total. The zero-order valence-corrected chi connectivity index (χ0v) is 16.7. The van der Waals surface area contributed by atoms with E-state index in [0.717, 1.165) is 42.7 Å². The topological polar surface area (TPSA) is 50.8 Å². The lowest BCUT2D eigenvalue weighted by Gasteiger charge is -2.33. The van der Waals surface area contributed by atoms with Gasteiger partial charge in [-0.15, -0.1) is 0 Å². The Kier molecular flexibility index (Phi) is 5.72. The van der Waals surface area contributed by atoms with E-state index in [2.05, 4.69) is 5.32 Å². The van der Waals surface area contributed by atoms with E-state index in [0.29, 0.717) is 25.3 Å². The molecule has 1 heterocycles. The molecular weight excluding hydrogens is 371 g/mol. The van der Waals surface area contributed by atoms with Crippen LogP contribution in [0.3, 0.4) is 0 Å². The number of carbonyl (C=O) groups excluding carboxylic acids is 1. The van der Waals surface area contributed by atoms with Crippen LogP contribution in [0.25, 0.3) is 0 Å². The molecule has 1 aliphatic heterocycles. The van der Waals surface area contributed by atoms with Gasteiger partial charge in [0, 0.05) is 12.1 Å². The highest BCUT2D eigenvalue weighted by Crippen LogP contribution is 2.42. The molecule has 1 fully saturated rings. The van der Waals surface area contributed by atoms with E-state index >= 15 is 0 Å². The molecule has 1 saturated carbocycles. The Balaban J connectivity index is 1.45. The number of hydrogen-bond acceptors (Lipinski definition) is 4. The summed E-state index contributed by atoms with van der Waals surface area (Å²) in [5.74, 6) is 1.19. The summed E-state index contributed by atoms with van der Waals surface area (Å²) in [6.07, 6.45) is 3.93. The fourth-order valence-electron chi connectivity index (χ4n) is 4.33. The smallest absolute Gasteiger partial charge is 0.234 e. The lowest BCUT2D eigenvalue weighted by Crippen LogP contribution is -2.47. The van der Waals surface area contributed by atoms with Crippen LogP contribution in [0.4, 0.5) is 4.39 Å². The van der Waals surface area contributed by atoms with E-state index < -0.39 is 0 Å². The summed E-state index contributed by atoms with van der Waals surface area (Å²) >= 11 is 0. The third-order valence-corrected chi connectivity index (χ3v) is 5.74. The molecule has 0 atom stereocenters. The fraction of sp³-hybridized carbons (Fsp3) is 0.435. The third kappa shape index (κ3) is 4.37. The van der Waals surface area contributed by atoms with Gasteiger partial charge in [-0.25, -0.2) is 4.39 Å². The first-order valence-electron chi connectivity index (χ1n) is 10.2. The Bertz CT molecular complexity index is 880. The number of nitrogens with zero attached hydrogens (tertiary/aromatic N) is 1. The first-order valence-corrected chi connectivity index (χ1v) is 10.2. The van der Waals surface area contributed by atoms with Crippen molar-refractivity contribution < 1.29 is 18.7 Å². The van der Waals surface area contributed by atoms with E-state index in [1.165, 1.54) is 6.07 Å². The Labute approximate surface area is 170 Å². The minimum Gasteiger partial charge on any atom is -0.486 e. The van der Waals surface area contributed by atoms with Crippen LogP contribution in [0.5, 0.6) is 11.5 Å². The Morgan fingerprint density at radius 1 is 1.10 bits per heavy atom. The lowest BCUT2D eigenvalue weighted by atomic mass is 9.87. The largest absolute Gasteiger partial charge is 0.486 e. The van der Waals surface area contributed by atoms with Crippen molar-refractivity contribution in [2.24, 2.45) is 0 Å². The van der Waals surface area contributed by atoms with Crippen LogP contribution in [-0.4, -0.2) is 37.6 Å². The van der Waals surface area contributed by atoms with Gasteiger partial charge in [0.05, 0.1) is 12.1 Å². The van der Waals surface area contributed by atoms with E-state index in [1.807, 2.05) is 36.2 Å². The summed E-state index contributed by atoms with van der Waals surface area (Å²) in [5.41, 5.74) is 1.26. The van der Waals surface area contributed by atoms with Crippen LogP contribution in [-0.2, 0) is 16.9 Å². The average Bonchev–Trinajstić information content (AvgIpc) is 3.18. The van der Waals surface area contributed by atoms with Crippen molar-refractivity contribution in [3.05, 3.63) is 59.4 Å². The number of nitrogens with one attached hydrogen (secondary N) is 1. The van der Waals surface area contributed by atoms with Gasteiger partial charge in [0.15, 0.2) is 11.5 Å². The van der Waals surface area contributed by atoms with E-state index in [-0.39, 0.29) is 23.8 Å². The number of benzene rings is 2. The highest BCUT2D eigenvalue weighted by molar-refractivity contribution is 5.79. The van der Waals surface area contributed by atoms with Crippen LogP contribution < -0.4 is 14.8 Å². The van der Waals surface area contributed by atoms with Crippen LogP contribution in [0.1, 0.15) is 36.8 Å². The number of halogens is 1. The summed E-state index contributed by atoms with van der Waals surface area (Å²) in [6.45, 7) is 1.69. The molecule has 6 heteroatoms. The molecule has 2 aromatic carbocycles. The summed E-state index contributed by atoms with van der Waals surface area (Å²) in [4.78, 5) is 14.7. The summed E-state index contributed by atoms with van der Waals surface area (Å²) in [5, 5.41) is 3.28. The molecule has 1 aliphatic carbocycles. The summed E-state index contributed by atoms with van der Waals surface area (Å²) in [6, 6.07) is 12.6. The Hall–Kier alpha value is -2.60. The van der Waals surface area contributed by atoms with Gasteiger partial charge in [-0.05, 0) is 43.7 Å². The standard InChI is InChI=1S/C23H27FN2O3/c1-26(15-17-6-2-3-7-19(17)24)16-22(27)25-23(10-4-5-11-23)18-8-9-20-21(14-18)29-13-12-28-20/h2-3,6-9,14H,4-5,10-13,15-16H2,1H3,(H,25,27). The quantitative estimate of drug-likeness (QED) is 0.808. The van der Waals surface area contributed by atoms with Gasteiger partial charge in [-0.1, -0.05) is 37.1 Å². The zero-order valence-electron chi connectivity index (χ0n) is 16.7. The number of rotatable bonds is 6. The summed E-state index contributed by atoms with van der Waals surface area (Å²) in [7, 11) is 1.83. The second-order valence-corrected chi connectivity index (χ2v) is 7.96. The van der Waals surface area contributed by atoms with Gasteiger partial charge >= 0.3 is 0 Å². The molecule has 0 aromatic heterocycles. The molecule has 0 bridgehead atoms. The Morgan fingerprint density at radius 2 is 1.83 bits per heavy atom. The monoisotopic (exact) mass is 398 g/mol. The third-order valence-electron chi connectivity index (χ3n) is 5.74. The minimum absolute atomic E-state index is 0.0550. The van der Waals surface area contributed by atoms with E-state index in [9.17, 15) is 9.18 Å². The molecule has 2 aromatic rings. The van der Waals surface area contributed by atoms with Gasteiger partial charge in [0.25, 0.3) is 0 Å². The first-order chi connectivity index (χ1) is 14.1. The first kappa shape index (κ1) is 19.7. The van der Waals surface area contributed by atoms with Crippen molar-refractivity contribution in [3.63, 3.8) is 0 Å². The molecule has 1 N–H and O–H groups in total. The molecule has 1 amide bonds. The SMILES string of the molecule is CN(CC(=O)NC1(c2ccc3c(c2)OCCO3)CCCC1)Cc1ccccc1F. The molecule has 0 spiro atoms. The number of ether oxygens (including phenoxy) is 2. The van der Waals surface area contributed by atoms with Crippen molar-refractivity contribution in [2.45, 2.75) is 37.8 Å². The van der Waals surface area contributed by atoms with Crippen molar-refractivity contribution in [3.8, 4) is 11.5 Å². The minimum atomic E-state index is -0.383. The maximum absolute atomic E-state index is 13.9. The van der Waals surface area contributed by atoms with Crippen LogP contribution in [0.2, 0.25) is 0 Å². The molecule has 0 radical (unpaired) electrons. The number of fused-ring (bicyclic) bond motifs is 1. The molecule has 0 unspecified atom stereocenters. The second-order valence-electron chi connectivity index (χ2n) is 7.96. The van der Waals surface area contributed by atoms with Crippen molar-refractivity contribution >= 4 is 5.91 Å². The van der Waals surface area contributed by atoms with Crippen LogP contribution >= 0.6 is 0 Å². The molecule has 4 rings (SSSR count). The number of amides is 1. The fourth-order valence-corrected chi connectivity index (χ4v) is 4.33. The van der Waals surface area contributed by atoms with Crippen LogP contribution in [0.15, 0.2) is 42.5 Å². The zero-order chi connectivity index (χ0) is 20.3. The van der Waals surface area contributed by atoms with Crippen molar-refractivity contribution in [1.82, 2.24) is 10.2 Å². The predicted molar refractivity (Wildman–Crippen MR) is 108 cm³/mol. The van der Waals surface area contributed by atoms with Gasteiger partial charge < -0.3 is 14.8 Å². The maximum Gasteiger partial charge on any atom is 0.234 e. The highest BCUT2D eigenvalue weighted by Gasteiger charge is 2.38. The molecule has 154 valence electrons. The predicted octanol–water partition coefficient (Wildman–Crippen LogP) is 3.61. The second kappa shape index (κ2) is 8.41. The van der Waals surface area contributed by atoms with Gasteiger partial charge in [0.2, 0.25) is 5.91 Å². The van der Waals surface area contributed by atoms with E-state index in [1.54, 1.807) is 12.1 Å². The molecule has 2 aliphatic rings. The van der Waals surface area contributed by atoms with Gasteiger partial charge in [-0.2, -0.15) is 0 Å². The van der Waals surface area contributed by atoms with Crippen molar-refractivity contribution in [1.29, 1.82) is 0 Å². The highest BCUT2D eigenvalue weighted by atomic mass is 19.1. The van der Waals surface area contributed by atoms with Crippen molar-refractivity contribution in [2.75, 3.05) is 26.8 Å². The van der Waals surface area contributed by atoms with Gasteiger partial charge in [0.1, 0.15) is 19.0 Å². The van der Waals surface area contributed by atoms with Gasteiger partial charge in [-0.3, -0.25) is 9.69 Å². The summed E-state index contributed by atoms with van der Waals surface area (Å²) < 4.78 is 25.2. The number of carbonyl (C=O) groups is 1. The molecule has 29 heavy (non-hydrogen) atoms. The maximum atomic E-state index is 13.9. The lowest BCUT2D eigenvalue weighted by molar-refractivity contribution is -0.124. The number of hydrogen-bond donors (Lipinski definition) is 1. The van der Waals surface area contributed by atoms with E-state index in [4.69, 9.17) is 9.47 Å². The molecule has 0 saturated heterocycles. The molecular formula is C23H27FN2O3. The Morgan fingerprint density at radius 3 is 2.59 bits per heavy atom. The average molecular weight is 398 g/mol. The normalized spacial score (nSPS) is 17.3. The number of likely N-dealkylation sites (N-methyl/N-ethyl adjacent to an activating group) is 1.